The van der Waals surface area contributed by atoms with Crippen LogP contribution in [-0.2, 0) is 4.74 Å². The third kappa shape index (κ3) is 2.73. The summed E-state index contributed by atoms with van der Waals surface area (Å²) in [4.78, 5) is 19.2. The van der Waals surface area contributed by atoms with Gasteiger partial charge in [-0.3, -0.25) is 4.79 Å². The molecule has 110 valence electrons. The number of nitrogens with one attached hydrogen (secondary N) is 1. The first-order valence-electron chi connectivity index (χ1n) is 6.77. The molecular formula is C15H15BrN2O3. The molecule has 2 unspecified atom stereocenters. The largest absolute Gasteiger partial charge is 0.493 e. The summed E-state index contributed by atoms with van der Waals surface area (Å²) in [6, 6.07) is 7.13. The van der Waals surface area contributed by atoms with Crippen LogP contribution in [0.2, 0.25) is 0 Å². The van der Waals surface area contributed by atoms with E-state index in [9.17, 15) is 9.90 Å². The molecule has 0 saturated carbocycles. The summed E-state index contributed by atoms with van der Waals surface area (Å²) in [5.74, 6) is 0.396. The average molecular weight is 351 g/mol. The smallest absolute Gasteiger partial charge is 0.262 e. The monoisotopic (exact) mass is 350 g/mol. The highest BCUT2D eigenvalue weighted by Gasteiger charge is 2.29. The molecule has 0 bridgehead atoms. The first kappa shape index (κ1) is 14.3. The first-order valence-corrected chi connectivity index (χ1v) is 7.56. The summed E-state index contributed by atoms with van der Waals surface area (Å²) < 4.78 is 6.48. The van der Waals surface area contributed by atoms with Crippen LogP contribution in [0.4, 0.5) is 0 Å². The molecule has 5 nitrogen and oxygen atoms in total. The van der Waals surface area contributed by atoms with Gasteiger partial charge in [0.25, 0.3) is 5.56 Å². The second-order valence-corrected chi connectivity index (χ2v) is 6.13. The van der Waals surface area contributed by atoms with E-state index in [0.29, 0.717) is 18.0 Å². The molecule has 2 atom stereocenters. The molecular weight excluding hydrogens is 336 g/mol. The van der Waals surface area contributed by atoms with Gasteiger partial charge in [-0.25, -0.2) is 0 Å². The Morgan fingerprint density at radius 2 is 2.10 bits per heavy atom. The molecule has 0 aliphatic carbocycles. The van der Waals surface area contributed by atoms with Crippen molar-refractivity contribution >= 4 is 15.9 Å². The van der Waals surface area contributed by atoms with E-state index in [1.54, 1.807) is 12.1 Å². The standard InChI is InChI=1S/C15H15BrN2O3/c1-8-6-7-21-12(8)13-17-14(19)11(15(20)18-13)9-2-4-10(16)5-3-9/h2-5,8,12H,6-7H2,1H3,(H2,17,18,19,20). The minimum absolute atomic E-state index is 0.178. The molecule has 1 aliphatic heterocycles. The number of halogens is 1. The highest BCUT2D eigenvalue weighted by molar-refractivity contribution is 9.10. The Morgan fingerprint density at radius 1 is 1.38 bits per heavy atom. The number of aromatic hydroxyl groups is 1. The van der Waals surface area contributed by atoms with Crippen molar-refractivity contribution in [2.24, 2.45) is 5.92 Å². The zero-order valence-corrected chi connectivity index (χ0v) is 13.1. The Labute approximate surface area is 130 Å². The van der Waals surface area contributed by atoms with Crippen LogP contribution in [0.5, 0.6) is 5.88 Å². The molecule has 1 aliphatic rings. The van der Waals surface area contributed by atoms with E-state index in [1.807, 2.05) is 19.1 Å². The molecule has 21 heavy (non-hydrogen) atoms. The van der Waals surface area contributed by atoms with Crippen molar-refractivity contribution in [1.29, 1.82) is 0 Å². The zero-order valence-electron chi connectivity index (χ0n) is 11.5. The van der Waals surface area contributed by atoms with E-state index in [-0.39, 0.29) is 29.0 Å². The third-order valence-electron chi connectivity index (χ3n) is 3.71. The number of rotatable bonds is 2. The Morgan fingerprint density at radius 3 is 2.67 bits per heavy atom. The van der Waals surface area contributed by atoms with Crippen LogP contribution in [0.1, 0.15) is 25.3 Å². The molecule has 0 amide bonds. The average Bonchev–Trinajstić information content (AvgIpc) is 2.86. The maximum Gasteiger partial charge on any atom is 0.262 e. The number of aromatic nitrogens is 2. The lowest BCUT2D eigenvalue weighted by Gasteiger charge is -2.14. The predicted molar refractivity (Wildman–Crippen MR) is 82.1 cm³/mol. The van der Waals surface area contributed by atoms with Gasteiger partial charge in [-0.2, -0.15) is 4.98 Å². The highest BCUT2D eigenvalue weighted by atomic mass is 79.9. The Bertz CT molecular complexity index is 712. The van der Waals surface area contributed by atoms with Crippen LogP contribution in [0, 0.1) is 5.92 Å². The summed E-state index contributed by atoms with van der Waals surface area (Å²) in [5, 5.41) is 10.1. The maximum atomic E-state index is 12.3. The fourth-order valence-electron chi connectivity index (χ4n) is 2.53. The third-order valence-corrected chi connectivity index (χ3v) is 4.24. The summed E-state index contributed by atoms with van der Waals surface area (Å²) >= 11 is 3.34. The van der Waals surface area contributed by atoms with E-state index < -0.39 is 0 Å². The molecule has 1 fully saturated rings. The lowest BCUT2D eigenvalue weighted by molar-refractivity contribution is 0.0865. The van der Waals surface area contributed by atoms with E-state index in [2.05, 4.69) is 25.9 Å². The highest BCUT2D eigenvalue weighted by Crippen LogP contribution is 2.33. The molecule has 3 rings (SSSR count). The Balaban J connectivity index is 2.04. The fraction of sp³-hybridized carbons (Fsp3) is 0.333. The second kappa shape index (κ2) is 5.61. The van der Waals surface area contributed by atoms with Gasteiger partial charge in [-0.15, -0.1) is 0 Å². The van der Waals surface area contributed by atoms with Crippen LogP contribution in [-0.4, -0.2) is 21.7 Å². The Hall–Kier alpha value is -1.66. The first-order chi connectivity index (χ1) is 10.1. The van der Waals surface area contributed by atoms with Crippen molar-refractivity contribution in [3.05, 3.63) is 44.9 Å². The number of ether oxygens (including phenoxy) is 1. The quantitative estimate of drug-likeness (QED) is 0.872. The molecule has 2 heterocycles. The van der Waals surface area contributed by atoms with E-state index in [1.165, 1.54) is 0 Å². The van der Waals surface area contributed by atoms with Crippen molar-refractivity contribution in [3.63, 3.8) is 0 Å². The molecule has 6 heteroatoms. The van der Waals surface area contributed by atoms with Gasteiger partial charge in [-0.1, -0.05) is 35.0 Å². The minimum atomic E-state index is -0.359. The maximum absolute atomic E-state index is 12.3. The van der Waals surface area contributed by atoms with Crippen LogP contribution in [0.15, 0.2) is 33.5 Å². The molecule has 0 radical (unpaired) electrons. The molecule has 2 N–H and O–H groups in total. The Kier molecular flexibility index (Phi) is 3.82. The van der Waals surface area contributed by atoms with Gasteiger partial charge in [0.1, 0.15) is 17.5 Å². The van der Waals surface area contributed by atoms with E-state index in [0.717, 1.165) is 10.9 Å². The van der Waals surface area contributed by atoms with Gasteiger partial charge in [0.2, 0.25) is 5.88 Å². The van der Waals surface area contributed by atoms with Crippen molar-refractivity contribution < 1.29 is 9.84 Å². The lowest BCUT2D eigenvalue weighted by Crippen LogP contribution is -2.18. The number of benzene rings is 1. The van der Waals surface area contributed by atoms with Crippen LogP contribution in [0.3, 0.4) is 0 Å². The van der Waals surface area contributed by atoms with Crippen LogP contribution < -0.4 is 5.56 Å². The zero-order chi connectivity index (χ0) is 15.0. The van der Waals surface area contributed by atoms with Gasteiger partial charge >= 0.3 is 0 Å². The van der Waals surface area contributed by atoms with E-state index >= 15 is 0 Å². The van der Waals surface area contributed by atoms with Crippen LogP contribution in [0.25, 0.3) is 11.1 Å². The second-order valence-electron chi connectivity index (χ2n) is 5.21. The number of H-pyrrole nitrogens is 1. The minimum Gasteiger partial charge on any atom is -0.493 e. The summed E-state index contributed by atoms with van der Waals surface area (Å²) in [5.41, 5.74) is 0.441. The molecule has 0 spiro atoms. The van der Waals surface area contributed by atoms with Crippen molar-refractivity contribution in [1.82, 2.24) is 9.97 Å². The summed E-state index contributed by atoms with van der Waals surface area (Å²) in [6.07, 6.45) is 0.659. The summed E-state index contributed by atoms with van der Waals surface area (Å²) in [6.45, 7) is 2.68. The SMILES string of the molecule is CC1CCOC1c1nc(O)c(-c2ccc(Br)cc2)c(=O)[nH]1. The van der Waals surface area contributed by atoms with Gasteiger partial charge < -0.3 is 14.8 Å². The van der Waals surface area contributed by atoms with Gasteiger partial charge in [0, 0.05) is 11.1 Å². The molecule has 1 aromatic heterocycles. The molecule has 1 aromatic carbocycles. The van der Waals surface area contributed by atoms with E-state index in [4.69, 9.17) is 4.74 Å². The summed E-state index contributed by atoms with van der Waals surface area (Å²) in [7, 11) is 0. The molecule has 2 aromatic rings. The topological polar surface area (TPSA) is 75.2 Å². The molecule has 1 saturated heterocycles. The van der Waals surface area contributed by atoms with Crippen LogP contribution >= 0.6 is 15.9 Å². The van der Waals surface area contributed by atoms with Gasteiger partial charge in [-0.05, 0) is 30.0 Å². The fourth-order valence-corrected chi connectivity index (χ4v) is 2.80. The number of aromatic amines is 1. The van der Waals surface area contributed by atoms with Gasteiger partial charge in [0.15, 0.2) is 0 Å². The van der Waals surface area contributed by atoms with Crippen molar-refractivity contribution in [2.45, 2.75) is 19.4 Å². The van der Waals surface area contributed by atoms with Crippen molar-refractivity contribution in [2.75, 3.05) is 6.61 Å². The number of nitrogens with zero attached hydrogens (tertiary/aromatic N) is 1. The number of hydrogen-bond donors (Lipinski definition) is 2. The predicted octanol–water partition coefficient (Wildman–Crippen LogP) is 3.00. The normalized spacial score (nSPS) is 21.6. The van der Waals surface area contributed by atoms with Gasteiger partial charge in [0.05, 0.1) is 0 Å². The lowest BCUT2D eigenvalue weighted by atomic mass is 10.0. The number of hydrogen-bond acceptors (Lipinski definition) is 4. The van der Waals surface area contributed by atoms with Crippen molar-refractivity contribution in [3.8, 4) is 17.0 Å².